The number of nitrogens with zero attached hydrogens (tertiary/aromatic N) is 2. The molecule has 2 aromatic heterocycles. The summed E-state index contributed by atoms with van der Waals surface area (Å²) in [6.45, 7) is 5.06. The van der Waals surface area contributed by atoms with E-state index in [1.54, 1.807) is 43.7 Å². The van der Waals surface area contributed by atoms with E-state index in [2.05, 4.69) is 27.2 Å². The van der Waals surface area contributed by atoms with Crippen molar-refractivity contribution in [2.45, 2.75) is 18.7 Å². The van der Waals surface area contributed by atoms with Crippen molar-refractivity contribution < 1.29 is 22.5 Å². The molecule has 0 spiro atoms. The van der Waals surface area contributed by atoms with E-state index < -0.39 is 18.9 Å². The summed E-state index contributed by atoms with van der Waals surface area (Å²) in [7, 11) is -0.692. The molecule has 2 N–H and O–H groups in total. The van der Waals surface area contributed by atoms with E-state index >= 15 is 0 Å². The molecule has 1 aliphatic heterocycles. The average molecular weight is 529 g/mol. The lowest BCUT2D eigenvalue weighted by molar-refractivity contribution is -0.137. The molecule has 1 unspecified atom stereocenters. The zero-order valence-electron chi connectivity index (χ0n) is 20.8. The second-order valence-corrected chi connectivity index (χ2v) is 13.0. The fraction of sp³-hybridized carbons (Fsp3) is 0.296. The van der Waals surface area contributed by atoms with Crippen molar-refractivity contribution in [3.05, 3.63) is 66.4 Å². The number of benzene rings is 2. The number of pyridine rings is 1. The summed E-state index contributed by atoms with van der Waals surface area (Å²) in [6, 6.07) is 15.9. The van der Waals surface area contributed by atoms with Crippen LogP contribution in [0.15, 0.2) is 60.8 Å². The van der Waals surface area contributed by atoms with Crippen LogP contribution in [0.4, 0.5) is 24.5 Å². The summed E-state index contributed by atoms with van der Waals surface area (Å²) in [5, 5.41) is 3.71. The van der Waals surface area contributed by atoms with E-state index in [1.165, 1.54) is 0 Å². The predicted molar refractivity (Wildman–Crippen MR) is 142 cm³/mol. The molecular formula is C27H28F3N4O2P. The molecule has 194 valence electrons. The lowest BCUT2D eigenvalue weighted by atomic mass is 10.1. The van der Waals surface area contributed by atoms with Gasteiger partial charge in [-0.2, -0.15) is 13.2 Å². The highest BCUT2D eigenvalue weighted by Crippen LogP contribution is 2.43. The third-order valence-corrected chi connectivity index (χ3v) is 8.07. The summed E-state index contributed by atoms with van der Waals surface area (Å²) in [5.74, 6) is 0.750. The Hall–Kier alpha value is -3.29. The molecule has 37 heavy (non-hydrogen) atoms. The minimum atomic E-state index is -4.63. The standard InChI is InChI=1S/C27H28F3N4O2P/c1-34-13-12-19(16-34)36-18-10-8-17(9-11-18)23-14-20-25(21(27(28,29)30)15-31-26(20)33-23)32-22-6-4-5-7-24(22)37(2,3)35/h4-11,14-15,19H,12-13,16H2,1-3H3,(H2,31,32,33). The van der Waals surface area contributed by atoms with Crippen LogP contribution in [0.5, 0.6) is 5.75 Å². The number of hydrogen-bond donors (Lipinski definition) is 2. The number of nitrogens with one attached hydrogen (secondary N) is 2. The Morgan fingerprint density at radius 3 is 2.51 bits per heavy atom. The Kier molecular flexibility index (Phi) is 6.54. The number of ether oxygens (including phenoxy) is 1. The number of hydrogen-bond acceptors (Lipinski definition) is 5. The third kappa shape index (κ3) is 5.38. The molecule has 3 heterocycles. The zero-order valence-corrected chi connectivity index (χ0v) is 21.7. The number of H-pyrrole nitrogens is 1. The molecular weight excluding hydrogens is 500 g/mol. The van der Waals surface area contributed by atoms with Gasteiger partial charge in [-0.05, 0) is 74.8 Å². The third-order valence-electron chi connectivity index (χ3n) is 6.52. The first-order valence-corrected chi connectivity index (χ1v) is 14.6. The summed E-state index contributed by atoms with van der Waals surface area (Å²) >= 11 is 0. The van der Waals surface area contributed by atoms with Crippen molar-refractivity contribution in [1.29, 1.82) is 0 Å². The predicted octanol–water partition coefficient (Wildman–Crippen LogP) is 6.32. The van der Waals surface area contributed by atoms with E-state index in [4.69, 9.17) is 4.74 Å². The largest absolute Gasteiger partial charge is 0.489 e. The normalized spacial score (nSPS) is 16.9. The first-order valence-electron chi connectivity index (χ1n) is 12.0. The van der Waals surface area contributed by atoms with Crippen LogP contribution in [0.25, 0.3) is 22.3 Å². The molecule has 0 bridgehead atoms. The molecule has 1 fully saturated rings. The van der Waals surface area contributed by atoms with E-state index in [-0.39, 0.29) is 17.2 Å². The van der Waals surface area contributed by atoms with E-state index in [1.807, 2.05) is 24.3 Å². The van der Waals surface area contributed by atoms with E-state index in [9.17, 15) is 17.7 Å². The monoisotopic (exact) mass is 528 g/mol. The van der Waals surface area contributed by atoms with Gasteiger partial charge in [-0.1, -0.05) is 12.1 Å². The molecule has 0 aliphatic carbocycles. The molecule has 1 saturated heterocycles. The van der Waals surface area contributed by atoms with Crippen LogP contribution in [-0.2, 0) is 10.7 Å². The van der Waals surface area contributed by atoms with Gasteiger partial charge >= 0.3 is 6.18 Å². The molecule has 0 radical (unpaired) electrons. The molecule has 10 heteroatoms. The maximum atomic E-state index is 14.0. The number of aromatic nitrogens is 2. The van der Waals surface area contributed by atoms with E-state index in [0.29, 0.717) is 22.3 Å². The van der Waals surface area contributed by atoms with Crippen molar-refractivity contribution >= 4 is 34.9 Å². The topological polar surface area (TPSA) is 70.2 Å². The minimum absolute atomic E-state index is 0.133. The number of likely N-dealkylation sites (N-methyl/N-ethyl adjacent to an activating group) is 1. The Bertz CT molecular complexity index is 1480. The summed E-state index contributed by atoms with van der Waals surface area (Å²) in [5.41, 5.74) is 1.07. The number of halogens is 3. The second kappa shape index (κ2) is 9.54. The number of aromatic amines is 1. The summed E-state index contributed by atoms with van der Waals surface area (Å²) in [4.78, 5) is 9.42. The van der Waals surface area contributed by atoms with Gasteiger partial charge in [0.05, 0.1) is 11.3 Å². The Labute approximate surface area is 213 Å². The molecule has 6 nitrogen and oxygen atoms in total. The second-order valence-electron chi connectivity index (χ2n) is 9.80. The van der Waals surface area contributed by atoms with Crippen molar-refractivity contribution in [1.82, 2.24) is 14.9 Å². The van der Waals surface area contributed by atoms with Crippen LogP contribution >= 0.6 is 7.14 Å². The van der Waals surface area contributed by atoms with Crippen LogP contribution < -0.4 is 15.4 Å². The van der Waals surface area contributed by atoms with Crippen molar-refractivity contribution in [3.8, 4) is 17.0 Å². The first-order chi connectivity index (χ1) is 17.5. The summed E-state index contributed by atoms with van der Waals surface area (Å²) < 4.78 is 60.9. The van der Waals surface area contributed by atoms with Gasteiger partial charge < -0.3 is 24.5 Å². The van der Waals surface area contributed by atoms with Crippen molar-refractivity contribution in [3.63, 3.8) is 0 Å². The van der Waals surface area contributed by atoms with Gasteiger partial charge in [-0.15, -0.1) is 0 Å². The zero-order chi connectivity index (χ0) is 26.4. The number of alkyl halides is 3. The Morgan fingerprint density at radius 2 is 1.86 bits per heavy atom. The number of rotatable bonds is 6. The van der Waals surface area contributed by atoms with Crippen LogP contribution in [0.2, 0.25) is 0 Å². The SMILES string of the molecule is CN1CCC(Oc2ccc(-c3cc4c(Nc5ccccc5P(C)(C)=O)c(C(F)(F)F)cnc4[nH]3)cc2)C1. The molecule has 1 atom stereocenters. The molecule has 0 amide bonds. The smallest absolute Gasteiger partial charge is 0.419 e. The molecule has 4 aromatic rings. The van der Waals surface area contributed by atoms with Crippen LogP contribution in [0.1, 0.15) is 12.0 Å². The maximum absolute atomic E-state index is 14.0. The number of fused-ring (bicyclic) bond motifs is 1. The highest BCUT2D eigenvalue weighted by atomic mass is 31.2. The van der Waals surface area contributed by atoms with Gasteiger partial charge in [0.2, 0.25) is 0 Å². The fourth-order valence-corrected chi connectivity index (χ4v) is 5.82. The van der Waals surface area contributed by atoms with E-state index in [0.717, 1.165) is 37.0 Å². The van der Waals surface area contributed by atoms with Crippen LogP contribution in [0.3, 0.4) is 0 Å². The lowest BCUT2D eigenvalue weighted by Gasteiger charge is -2.19. The highest BCUT2D eigenvalue weighted by Gasteiger charge is 2.36. The molecule has 2 aromatic carbocycles. The van der Waals surface area contributed by atoms with Gasteiger partial charge in [0, 0.05) is 41.4 Å². The number of likely N-dealkylation sites (tertiary alicyclic amines) is 1. The van der Waals surface area contributed by atoms with Gasteiger partial charge in [0.1, 0.15) is 24.6 Å². The van der Waals surface area contributed by atoms with Gasteiger partial charge in [-0.25, -0.2) is 4.98 Å². The maximum Gasteiger partial charge on any atom is 0.419 e. The van der Waals surface area contributed by atoms with Gasteiger partial charge in [-0.3, -0.25) is 0 Å². The molecule has 1 aliphatic rings. The first kappa shape index (κ1) is 25.4. The van der Waals surface area contributed by atoms with Crippen molar-refractivity contribution in [2.75, 3.05) is 38.8 Å². The minimum Gasteiger partial charge on any atom is -0.489 e. The quantitative estimate of drug-likeness (QED) is 0.287. The molecule has 0 saturated carbocycles. The van der Waals surface area contributed by atoms with Gasteiger partial charge in [0.15, 0.2) is 0 Å². The van der Waals surface area contributed by atoms with Crippen LogP contribution in [0, 0.1) is 0 Å². The number of para-hydroxylation sites is 1. The fourth-order valence-electron chi connectivity index (χ4n) is 4.66. The Balaban J connectivity index is 1.52. The van der Waals surface area contributed by atoms with Crippen molar-refractivity contribution in [2.24, 2.45) is 0 Å². The highest BCUT2D eigenvalue weighted by molar-refractivity contribution is 7.70. The Morgan fingerprint density at radius 1 is 1.14 bits per heavy atom. The lowest BCUT2D eigenvalue weighted by Crippen LogP contribution is -2.21. The molecule has 5 rings (SSSR count). The average Bonchev–Trinajstić information content (AvgIpc) is 3.45. The number of anilines is 2. The summed E-state index contributed by atoms with van der Waals surface area (Å²) in [6.07, 6.45) is -2.70. The van der Waals surface area contributed by atoms with Gasteiger partial charge in [0.25, 0.3) is 0 Å². The van der Waals surface area contributed by atoms with Crippen LogP contribution in [-0.4, -0.2) is 54.4 Å².